The van der Waals surface area contributed by atoms with Crippen LogP contribution in [0.1, 0.15) is 24.5 Å². The van der Waals surface area contributed by atoms with Gasteiger partial charge >= 0.3 is 0 Å². The Bertz CT molecular complexity index is 676. The van der Waals surface area contributed by atoms with Crippen molar-refractivity contribution in [2.24, 2.45) is 0 Å². The zero-order chi connectivity index (χ0) is 17.5. The van der Waals surface area contributed by atoms with E-state index in [9.17, 15) is 9.50 Å². The minimum Gasteiger partial charge on any atom is -0.504 e. The van der Waals surface area contributed by atoms with Crippen LogP contribution in [0, 0.1) is 5.82 Å². The number of ether oxygens (including phenoxy) is 2. The molecule has 0 radical (unpaired) electrons. The Morgan fingerprint density at radius 2 is 1.75 bits per heavy atom. The average Bonchev–Trinajstić information content (AvgIpc) is 2.59. The minimum atomic E-state index is -0.347. The summed E-state index contributed by atoms with van der Waals surface area (Å²) >= 11 is 0. The maximum atomic E-state index is 13.7. The van der Waals surface area contributed by atoms with E-state index in [0.717, 1.165) is 24.0 Å². The molecule has 0 aliphatic heterocycles. The summed E-state index contributed by atoms with van der Waals surface area (Å²) in [6.07, 6.45) is 1.79. The number of hydrogen-bond donors (Lipinski definition) is 2. The van der Waals surface area contributed by atoms with Gasteiger partial charge in [-0.1, -0.05) is 12.1 Å². The van der Waals surface area contributed by atoms with Crippen molar-refractivity contribution in [1.29, 1.82) is 0 Å². The van der Waals surface area contributed by atoms with Crippen molar-refractivity contribution in [3.63, 3.8) is 0 Å². The predicted octanol–water partition coefficient (Wildman–Crippen LogP) is 3.66. The Kier molecular flexibility index (Phi) is 6.44. The Hall–Kier alpha value is -2.27. The van der Waals surface area contributed by atoms with Crippen molar-refractivity contribution in [2.45, 2.75) is 32.4 Å². The van der Waals surface area contributed by atoms with E-state index in [4.69, 9.17) is 9.47 Å². The third-order valence-corrected chi connectivity index (χ3v) is 3.98. The second-order valence-corrected chi connectivity index (χ2v) is 5.80. The van der Waals surface area contributed by atoms with Crippen molar-refractivity contribution < 1.29 is 19.0 Å². The van der Waals surface area contributed by atoms with E-state index < -0.39 is 0 Å². The smallest absolute Gasteiger partial charge is 0.165 e. The second kappa shape index (κ2) is 8.55. The number of methoxy groups -OCH3 is 2. The van der Waals surface area contributed by atoms with Gasteiger partial charge in [0.15, 0.2) is 23.1 Å². The number of phenols is 1. The fourth-order valence-electron chi connectivity index (χ4n) is 2.47. The zero-order valence-corrected chi connectivity index (χ0v) is 14.3. The van der Waals surface area contributed by atoms with Gasteiger partial charge in [-0.05, 0) is 55.2 Å². The highest BCUT2D eigenvalue weighted by Crippen LogP contribution is 2.26. The number of rotatable bonds is 8. The topological polar surface area (TPSA) is 50.7 Å². The molecule has 0 aromatic heterocycles. The third-order valence-electron chi connectivity index (χ3n) is 3.98. The first kappa shape index (κ1) is 18.1. The molecule has 2 aromatic rings. The summed E-state index contributed by atoms with van der Waals surface area (Å²) in [5.41, 5.74) is 1.99. The Morgan fingerprint density at radius 1 is 1.04 bits per heavy atom. The van der Waals surface area contributed by atoms with Crippen LogP contribution in [0.5, 0.6) is 17.2 Å². The van der Waals surface area contributed by atoms with Crippen LogP contribution in [0.3, 0.4) is 0 Å². The van der Waals surface area contributed by atoms with Crippen molar-refractivity contribution in [2.75, 3.05) is 14.2 Å². The number of aromatic hydroxyl groups is 1. The van der Waals surface area contributed by atoms with E-state index in [1.165, 1.54) is 20.3 Å². The van der Waals surface area contributed by atoms with Gasteiger partial charge in [-0.15, -0.1) is 0 Å². The van der Waals surface area contributed by atoms with Gasteiger partial charge in [-0.2, -0.15) is 0 Å². The quantitative estimate of drug-likeness (QED) is 0.774. The van der Waals surface area contributed by atoms with Gasteiger partial charge in [0.25, 0.3) is 0 Å². The van der Waals surface area contributed by atoms with Gasteiger partial charge < -0.3 is 19.9 Å². The summed E-state index contributed by atoms with van der Waals surface area (Å²) < 4.78 is 23.7. The highest BCUT2D eigenvalue weighted by Gasteiger charge is 2.07. The second-order valence-electron chi connectivity index (χ2n) is 5.80. The van der Waals surface area contributed by atoms with Gasteiger partial charge in [-0.25, -0.2) is 4.39 Å². The highest BCUT2D eigenvalue weighted by atomic mass is 19.1. The van der Waals surface area contributed by atoms with Gasteiger partial charge in [-0.3, -0.25) is 0 Å². The van der Waals surface area contributed by atoms with Crippen LogP contribution >= 0.6 is 0 Å². The number of phenolic OH excluding ortho intramolecular Hbond substituents is 1. The van der Waals surface area contributed by atoms with Gasteiger partial charge in [0.1, 0.15) is 0 Å². The monoisotopic (exact) mass is 333 g/mol. The van der Waals surface area contributed by atoms with Crippen LogP contribution in [-0.4, -0.2) is 25.4 Å². The summed E-state index contributed by atoms with van der Waals surface area (Å²) in [5, 5.41) is 13.0. The summed E-state index contributed by atoms with van der Waals surface area (Å²) in [6, 6.07) is 10.6. The highest BCUT2D eigenvalue weighted by molar-refractivity contribution is 5.41. The van der Waals surface area contributed by atoms with E-state index in [2.05, 4.69) is 12.2 Å². The van der Waals surface area contributed by atoms with Crippen LogP contribution < -0.4 is 14.8 Å². The standard InChI is InChI=1S/C19H24FNO3/c1-13(4-5-14-6-8-17(22)19(11-14)24-3)21-12-15-7-9-18(23-2)16(20)10-15/h6-11,13,21-22H,4-5,12H2,1-3H3. The molecule has 130 valence electrons. The number of nitrogens with one attached hydrogen (secondary N) is 1. The Balaban J connectivity index is 1.83. The molecule has 2 N–H and O–H groups in total. The molecule has 0 fully saturated rings. The largest absolute Gasteiger partial charge is 0.504 e. The van der Waals surface area contributed by atoms with Crippen molar-refractivity contribution >= 4 is 0 Å². The lowest BCUT2D eigenvalue weighted by molar-refractivity contribution is 0.372. The lowest BCUT2D eigenvalue weighted by Crippen LogP contribution is -2.26. The fraction of sp³-hybridized carbons (Fsp3) is 0.368. The van der Waals surface area contributed by atoms with Crippen LogP contribution in [0.4, 0.5) is 4.39 Å². The SMILES string of the molecule is COc1cc(CCC(C)NCc2ccc(OC)c(F)c2)ccc1O. The average molecular weight is 333 g/mol. The fourth-order valence-corrected chi connectivity index (χ4v) is 2.47. The minimum absolute atomic E-state index is 0.147. The molecule has 5 heteroatoms. The van der Waals surface area contributed by atoms with E-state index in [0.29, 0.717) is 12.3 Å². The molecule has 0 aliphatic rings. The molecule has 0 amide bonds. The molecule has 1 unspecified atom stereocenters. The van der Waals surface area contributed by atoms with Gasteiger partial charge in [0, 0.05) is 12.6 Å². The van der Waals surface area contributed by atoms with Gasteiger partial charge in [0.05, 0.1) is 14.2 Å². The molecule has 2 rings (SSSR count). The summed E-state index contributed by atoms with van der Waals surface area (Å²) in [7, 11) is 2.99. The number of halogens is 1. The van der Waals surface area contributed by atoms with E-state index in [-0.39, 0.29) is 23.4 Å². The molecule has 0 bridgehead atoms. The van der Waals surface area contributed by atoms with Crippen molar-refractivity contribution in [3.05, 3.63) is 53.3 Å². The number of benzene rings is 2. The first-order chi connectivity index (χ1) is 11.5. The van der Waals surface area contributed by atoms with Gasteiger partial charge in [0.2, 0.25) is 0 Å². The molecule has 0 spiro atoms. The van der Waals surface area contributed by atoms with Crippen LogP contribution in [0.25, 0.3) is 0 Å². The molecule has 24 heavy (non-hydrogen) atoms. The Morgan fingerprint density at radius 3 is 2.42 bits per heavy atom. The normalized spacial score (nSPS) is 12.0. The molecule has 2 aromatic carbocycles. The summed E-state index contributed by atoms with van der Waals surface area (Å²) in [6.45, 7) is 2.69. The van der Waals surface area contributed by atoms with Crippen LogP contribution in [0.2, 0.25) is 0 Å². The molecule has 0 aliphatic carbocycles. The molecule has 0 heterocycles. The van der Waals surface area contributed by atoms with Crippen LogP contribution in [0.15, 0.2) is 36.4 Å². The van der Waals surface area contributed by atoms with Crippen molar-refractivity contribution in [3.8, 4) is 17.2 Å². The predicted molar refractivity (Wildman–Crippen MR) is 92.2 cm³/mol. The summed E-state index contributed by atoms with van der Waals surface area (Å²) in [5.74, 6) is 0.546. The Labute approximate surface area is 142 Å². The lowest BCUT2D eigenvalue weighted by atomic mass is 10.1. The first-order valence-corrected chi connectivity index (χ1v) is 7.95. The third kappa shape index (κ3) is 4.86. The van der Waals surface area contributed by atoms with E-state index in [1.54, 1.807) is 12.1 Å². The van der Waals surface area contributed by atoms with E-state index >= 15 is 0 Å². The molecule has 4 nitrogen and oxygen atoms in total. The number of hydrogen-bond acceptors (Lipinski definition) is 4. The molecular formula is C19H24FNO3. The zero-order valence-electron chi connectivity index (χ0n) is 14.3. The number of aryl methyl sites for hydroxylation is 1. The maximum Gasteiger partial charge on any atom is 0.165 e. The molecule has 0 saturated heterocycles. The molecule has 0 saturated carbocycles. The van der Waals surface area contributed by atoms with Crippen LogP contribution in [-0.2, 0) is 13.0 Å². The summed E-state index contributed by atoms with van der Waals surface area (Å²) in [4.78, 5) is 0. The lowest BCUT2D eigenvalue weighted by Gasteiger charge is -2.15. The van der Waals surface area contributed by atoms with E-state index in [1.807, 2.05) is 18.2 Å². The first-order valence-electron chi connectivity index (χ1n) is 7.95. The molecular weight excluding hydrogens is 309 g/mol. The molecule has 1 atom stereocenters. The van der Waals surface area contributed by atoms with Crippen molar-refractivity contribution in [1.82, 2.24) is 5.32 Å². The maximum absolute atomic E-state index is 13.7.